The highest BCUT2D eigenvalue weighted by Crippen LogP contribution is 2.37. The maximum absolute atomic E-state index is 13.4. The van der Waals surface area contributed by atoms with Gasteiger partial charge in [0.1, 0.15) is 17.6 Å². The minimum Gasteiger partial charge on any atom is -0.486 e. The zero-order valence-corrected chi connectivity index (χ0v) is 19.9. The molecule has 172 valence electrons. The molecule has 1 aromatic heterocycles. The topological polar surface area (TPSA) is 81.1 Å². The first-order valence-corrected chi connectivity index (χ1v) is 12.0. The van der Waals surface area contributed by atoms with E-state index in [-0.39, 0.29) is 18.6 Å². The van der Waals surface area contributed by atoms with Crippen molar-refractivity contribution in [3.63, 3.8) is 0 Å². The molecule has 2 N–H and O–H groups in total. The number of benzene rings is 3. The molecule has 2 atom stereocenters. The lowest BCUT2D eigenvalue weighted by Gasteiger charge is -2.33. The van der Waals surface area contributed by atoms with E-state index in [0.29, 0.717) is 21.7 Å². The van der Waals surface area contributed by atoms with E-state index >= 15 is 0 Å². The molecule has 3 aromatic carbocycles. The molecule has 9 heteroatoms. The lowest BCUT2D eigenvalue weighted by Crippen LogP contribution is -2.41. The van der Waals surface area contributed by atoms with Crippen LogP contribution in [0, 0.1) is 6.92 Å². The van der Waals surface area contributed by atoms with Crippen molar-refractivity contribution in [1.82, 2.24) is 14.9 Å². The van der Waals surface area contributed by atoms with E-state index in [1.165, 1.54) is 11.8 Å². The first-order valence-electron chi connectivity index (χ1n) is 10.8. The van der Waals surface area contributed by atoms with Crippen LogP contribution >= 0.6 is 23.4 Å². The molecule has 34 heavy (non-hydrogen) atoms. The summed E-state index contributed by atoms with van der Waals surface area (Å²) >= 11 is 7.61. The molecular formula is C25H22ClN5O2S. The molecule has 5 rings (SSSR count). The lowest BCUT2D eigenvalue weighted by atomic mass is 10.0. The Morgan fingerprint density at radius 1 is 1.09 bits per heavy atom. The van der Waals surface area contributed by atoms with Gasteiger partial charge in [0.15, 0.2) is 5.82 Å². The maximum atomic E-state index is 13.4. The van der Waals surface area contributed by atoms with Gasteiger partial charge < -0.3 is 15.5 Å². The highest BCUT2D eigenvalue weighted by Gasteiger charge is 2.38. The number of rotatable bonds is 6. The van der Waals surface area contributed by atoms with Crippen LogP contribution in [0.2, 0.25) is 5.02 Å². The number of aromatic nitrogens is 3. The first-order chi connectivity index (χ1) is 16.6. The van der Waals surface area contributed by atoms with Crippen LogP contribution in [0.15, 0.2) is 84.0 Å². The SMILES string of the molecule is Cc1ccc(NC(=O)[C@@H]2Sc3nnc(COc4ccccc4)n3N[C@H]2c2ccccc2)cc1Cl. The Morgan fingerprint density at radius 3 is 2.56 bits per heavy atom. The van der Waals surface area contributed by atoms with Gasteiger partial charge in [0.2, 0.25) is 11.1 Å². The molecule has 0 bridgehead atoms. The molecular weight excluding hydrogens is 470 g/mol. The molecule has 1 aliphatic heterocycles. The highest BCUT2D eigenvalue weighted by molar-refractivity contribution is 8.00. The third-order valence-electron chi connectivity index (χ3n) is 5.47. The maximum Gasteiger partial charge on any atom is 0.240 e. The summed E-state index contributed by atoms with van der Waals surface area (Å²) in [7, 11) is 0. The fourth-order valence-corrected chi connectivity index (χ4v) is 4.93. The fraction of sp³-hybridized carbons (Fsp3) is 0.160. The van der Waals surface area contributed by atoms with Gasteiger partial charge in [-0.25, -0.2) is 4.68 Å². The summed E-state index contributed by atoms with van der Waals surface area (Å²) < 4.78 is 7.67. The number of hydrogen-bond donors (Lipinski definition) is 2. The number of fused-ring (bicyclic) bond motifs is 1. The number of ether oxygens (including phenoxy) is 1. The number of halogens is 1. The predicted molar refractivity (Wildman–Crippen MR) is 134 cm³/mol. The van der Waals surface area contributed by atoms with Crippen LogP contribution in [-0.2, 0) is 11.4 Å². The molecule has 0 saturated carbocycles. The van der Waals surface area contributed by atoms with E-state index in [1.54, 1.807) is 10.7 Å². The summed E-state index contributed by atoms with van der Waals surface area (Å²) in [4.78, 5) is 13.4. The van der Waals surface area contributed by atoms with Crippen LogP contribution in [0.3, 0.4) is 0 Å². The van der Waals surface area contributed by atoms with Gasteiger partial charge in [-0.05, 0) is 42.3 Å². The molecule has 2 heterocycles. The minimum atomic E-state index is -0.484. The number of nitrogens with zero attached hydrogens (tertiary/aromatic N) is 3. The Balaban J connectivity index is 1.40. The van der Waals surface area contributed by atoms with E-state index in [0.717, 1.165) is 16.9 Å². The summed E-state index contributed by atoms with van der Waals surface area (Å²) in [5.74, 6) is 1.22. The molecule has 0 saturated heterocycles. The van der Waals surface area contributed by atoms with Crippen molar-refractivity contribution in [2.45, 2.75) is 30.0 Å². The number of thioether (sulfide) groups is 1. The third-order valence-corrected chi connectivity index (χ3v) is 7.09. The number of anilines is 1. The van der Waals surface area contributed by atoms with Crippen LogP contribution in [0.4, 0.5) is 5.69 Å². The average molecular weight is 492 g/mol. The molecule has 4 aromatic rings. The van der Waals surface area contributed by atoms with Crippen LogP contribution in [0.25, 0.3) is 0 Å². The monoisotopic (exact) mass is 491 g/mol. The molecule has 0 fully saturated rings. The van der Waals surface area contributed by atoms with Gasteiger partial charge in [-0.1, -0.05) is 78.0 Å². The van der Waals surface area contributed by atoms with E-state index in [4.69, 9.17) is 16.3 Å². The molecule has 1 aliphatic rings. The second-order valence-corrected chi connectivity index (χ2v) is 9.36. The fourth-order valence-electron chi connectivity index (χ4n) is 3.65. The normalized spacial score (nSPS) is 16.9. The van der Waals surface area contributed by atoms with Gasteiger partial charge in [0.25, 0.3) is 0 Å². The molecule has 0 spiro atoms. The zero-order valence-electron chi connectivity index (χ0n) is 18.3. The van der Waals surface area contributed by atoms with Crippen molar-refractivity contribution >= 4 is 35.0 Å². The number of nitrogens with one attached hydrogen (secondary N) is 2. The Labute approximate surface area is 206 Å². The van der Waals surface area contributed by atoms with Crippen molar-refractivity contribution in [3.05, 3.63) is 101 Å². The Kier molecular flexibility index (Phi) is 6.42. The molecule has 0 aliphatic carbocycles. The van der Waals surface area contributed by atoms with Crippen LogP contribution in [0.5, 0.6) is 5.75 Å². The van der Waals surface area contributed by atoms with Gasteiger partial charge >= 0.3 is 0 Å². The smallest absolute Gasteiger partial charge is 0.240 e. The van der Waals surface area contributed by atoms with Gasteiger partial charge in [-0.3, -0.25) is 4.79 Å². The van der Waals surface area contributed by atoms with Crippen molar-refractivity contribution in [2.75, 3.05) is 10.7 Å². The summed E-state index contributed by atoms with van der Waals surface area (Å²) in [6.45, 7) is 2.16. The second kappa shape index (κ2) is 9.79. The lowest BCUT2D eigenvalue weighted by molar-refractivity contribution is -0.116. The van der Waals surface area contributed by atoms with E-state index in [9.17, 15) is 4.79 Å². The second-order valence-electron chi connectivity index (χ2n) is 7.85. The van der Waals surface area contributed by atoms with E-state index in [2.05, 4.69) is 20.9 Å². The summed E-state index contributed by atoms with van der Waals surface area (Å²) in [5.41, 5.74) is 6.02. The summed E-state index contributed by atoms with van der Waals surface area (Å²) in [6.07, 6.45) is 0. The highest BCUT2D eigenvalue weighted by atomic mass is 35.5. The van der Waals surface area contributed by atoms with E-state index < -0.39 is 5.25 Å². The zero-order chi connectivity index (χ0) is 23.5. The number of aryl methyl sites for hydroxylation is 1. The molecule has 1 amide bonds. The number of amides is 1. The van der Waals surface area contributed by atoms with Gasteiger partial charge in [-0.15, -0.1) is 10.2 Å². The van der Waals surface area contributed by atoms with Gasteiger partial charge in [-0.2, -0.15) is 0 Å². The number of hydrogen-bond acceptors (Lipinski definition) is 6. The first kappa shape index (κ1) is 22.3. The predicted octanol–water partition coefficient (Wildman–Crippen LogP) is 5.22. The standard InChI is InChI=1S/C25H22ClN5O2S/c1-16-12-13-18(14-20(16)26)27-24(32)23-22(17-8-4-2-5-9-17)30-31-21(28-29-25(31)34-23)15-33-19-10-6-3-7-11-19/h2-14,22-23,30H,15H2,1H3,(H,27,32)/t22-,23+/m0/s1. The summed E-state index contributed by atoms with van der Waals surface area (Å²) in [5, 5.41) is 12.3. The van der Waals surface area contributed by atoms with Crippen LogP contribution in [0.1, 0.15) is 23.0 Å². The third kappa shape index (κ3) is 4.73. The molecule has 7 nitrogen and oxygen atoms in total. The minimum absolute atomic E-state index is 0.150. The van der Waals surface area contributed by atoms with Crippen molar-refractivity contribution in [3.8, 4) is 5.75 Å². The number of carbonyl (C=O) groups is 1. The summed E-state index contributed by atoms with van der Waals surface area (Å²) in [6, 6.07) is 24.6. The Bertz CT molecular complexity index is 1300. The van der Waals surface area contributed by atoms with Crippen LogP contribution in [-0.4, -0.2) is 26.0 Å². The average Bonchev–Trinajstić information content (AvgIpc) is 3.27. The van der Waals surface area contributed by atoms with Crippen LogP contribution < -0.4 is 15.5 Å². The van der Waals surface area contributed by atoms with Gasteiger partial charge in [0, 0.05) is 10.7 Å². The number of carbonyl (C=O) groups excluding carboxylic acids is 1. The molecule has 0 radical (unpaired) electrons. The Morgan fingerprint density at radius 2 is 1.82 bits per heavy atom. The Hall–Kier alpha value is -3.49. The van der Waals surface area contributed by atoms with E-state index in [1.807, 2.05) is 79.7 Å². The van der Waals surface area contributed by atoms with Crippen molar-refractivity contribution in [2.24, 2.45) is 0 Å². The largest absolute Gasteiger partial charge is 0.486 e. The number of para-hydroxylation sites is 1. The van der Waals surface area contributed by atoms with Crippen molar-refractivity contribution < 1.29 is 9.53 Å². The molecule has 0 unspecified atom stereocenters. The quantitative estimate of drug-likeness (QED) is 0.385. The van der Waals surface area contributed by atoms with Crippen molar-refractivity contribution in [1.29, 1.82) is 0 Å². The van der Waals surface area contributed by atoms with Gasteiger partial charge in [0.05, 0.1) is 6.04 Å².